The summed E-state index contributed by atoms with van der Waals surface area (Å²) >= 11 is 0. The van der Waals surface area contributed by atoms with Crippen molar-refractivity contribution in [2.75, 3.05) is 6.16 Å². The molecule has 0 radical (unpaired) electrons. The lowest BCUT2D eigenvalue weighted by molar-refractivity contribution is -0.0151. The average molecular weight is 316 g/mol. The van der Waals surface area contributed by atoms with Crippen molar-refractivity contribution in [3.63, 3.8) is 0 Å². The lowest BCUT2D eigenvalue weighted by Gasteiger charge is -2.41. The molecule has 0 bridgehead atoms. The molecule has 2 saturated carbocycles. The van der Waals surface area contributed by atoms with Crippen molar-refractivity contribution in [2.24, 2.45) is 0 Å². The Morgan fingerprint density at radius 1 is 0.810 bits per heavy atom. The Hall–Kier alpha value is 0.150. The van der Waals surface area contributed by atoms with E-state index in [9.17, 15) is 4.57 Å². The van der Waals surface area contributed by atoms with Crippen LogP contribution in [0.15, 0.2) is 0 Å². The van der Waals surface area contributed by atoms with Crippen molar-refractivity contribution in [2.45, 2.75) is 103 Å². The van der Waals surface area contributed by atoms with Crippen LogP contribution in [-0.4, -0.2) is 17.4 Å². The zero-order valence-electron chi connectivity index (χ0n) is 14.2. The van der Waals surface area contributed by atoms with Gasteiger partial charge in [0.2, 0.25) is 0 Å². The fourth-order valence-corrected chi connectivity index (χ4v) is 6.31. The van der Waals surface area contributed by atoms with Gasteiger partial charge in [0, 0.05) is 6.16 Å². The molecule has 4 heteroatoms. The van der Waals surface area contributed by atoms with E-state index >= 15 is 0 Å². The molecule has 2 aliphatic carbocycles. The minimum Gasteiger partial charge on any atom is -0.302 e. The zero-order valence-corrected chi connectivity index (χ0v) is 15.1. The van der Waals surface area contributed by atoms with E-state index in [4.69, 9.17) is 9.05 Å². The molecule has 0 unspecified atom stereocenters. The van der Waals surface area contributed by atoms with Crippen molar-refractivity contribution in [3.05, 3.63) is 0 Å². The van der Waals surface area contributed by atoms with Crippen LogP contribution in [0.5, 0.6) is 0 Å². The van der Waals surface area contributed by atoms with Crippen LogP contribution in [0.25, 0.3) is 0 Å². The Labute approximate surface area is 130 Å². The summed E-state index contributed by atoms with van der Waals surface area (Å²) in [5.74, 6) is 0. The number of rotatable bonds is 6. The van der Waals surface area contributed by atoms with E-state index in [0.29, 0.717) is 6.16 Å². The van der Waals surface area contributed by atoms with Gasteiger partial charge in [-0.2, -0.15) is 0 Å². The molecule has 21 heavy (non-hydrogen) atoms. The second-order valence-electron chi connectivity index (χ2n) is 7.54. The SMILES string of the molecule is CCCP(=O)(OC1(C)CCCCC1)OC1(C)CCCCC1. The first-order valence-electron chi connectivity index (χ1n) is 8.89. The fraction of sp³-hybridized carbons (Fsp3) is 1.00. The molecule has 0 aromatic carbocycles. The minimum atomic E-state index is -2.99. The van der Waals surface area contributed by atoms with Crippen LogP contribution in [0.4, 0.5) is 0 Å². The summed E-state index contributed by atoms with van der Waals surface area (Å²) in [5, 5.41) is 0. The summed E-state index contributed by atoms with van der Waals surface area (Å²) in [4.78, 5) is 0. The highest BCUT2D eigenvalue weighted by Gasteiger charge is 2.42. The first-order valence-corrected chi connectivity index (χ1v) is 10.6. The Morgan fingerprint density at radius 3 is 1.52 bits per heavy atom. The molecular weight excluding hydrogens is 283 g/mol. The highest BCUT2D eigenvalue weighted by atomic mass is 31.2. The molecule has 0 N–H and O–H groups in total. The van der Waals surface area contributed by atoms with E-state index < -0.39 is 7.60 Å². The van der Waals surface area contributed by atoms with Gasteiger partial charge in [0.25, 0.3) is 0 Å². The standard InChI is InChI=1S/C17H33O3P/c1-4-15-21(18,19-16(2)11-7-5-8-12-16)20-17(3)13-9-6-10-14-17/h4-15H2,1-3H3. The summed E-state index contributed by atoms with van der Waals surface area (Å²) in [6.45, 7) is 6.31. The third-order valence-corrected chi connectivity index (χ3v) is 7.47. The van der Waals surface area contributed by atoms with Gasteiger partial charge >= 0.3 is 7.60 Å². The van der Waals surface area contributed by atoms with Gasteiger partial charge in [-0.15, -0.1) is 0 Å². The van der Waals surface area contributed by atoms with Gasteiger partial charge in [-0.05, 0) is 46.0 Å². The van der Waals surface area contributed by atoms with Crippen molar-refractivity contribution in [1.82, 2.24) is 0 Å². The monoisotopic (exact) mass is 316 g/mol. The molecule has 2 rings (SSSR count). The number of hydrogen-bond donors (Lipinski definition) is 0. The quantitative estimate of drug-likeness (QED) is 0.558. The predicted octanol–water partition coefficient (Wildman–Crippen LogP) is 6.07. The van der Waals surface area contributed by atoms with Gasteiger partial charge in [0.15, 0.2) is 0 Å². The molecule has 124 valence electrons. The summed E-state index contributed by atoms with van der Waals surface area (Å²) in [5.41, 5.74) is -0.484. The van der Waals surface area contributed by atoms with Crippen molar-refractivity contribution >= 4 is 7.60 Å². The van der Waals surface area contributed by atoms with Crippen LogP contribution in [-0.2, 0) is 13.6 Å². The molecular formula is C17H33O3P. The molecule has 0 heterocycles. The van der Waals surface area contributed by atoms with Crippen LogP contribution in [0, 0.1) is 0 Å². The summed E-state index contributed by atoms with van der Waals surface area (Å²) in [7, 11) is -2.99. The average Bonchev–Trinajstić information content (AvgIpc) is 2.38. The van der Waals surface area contributed by atoms with E-state index in [1.807, 2.05) is 0 Å². The highest BCUT2D eigenvalue weighted by molar-refractivity contribution is 7.53. The molecule has 2 aliphatic rings. The second-order valence-corrected chi connectivity index (χ2v) is 9.57. The van der Waals surface area contributed by atoms with Gasteiger partial charge in [0.1, 0.15) is 0 Å². The maximum absolute atomic E-state index is 13.3. The molecule has 0 saturated heterocycles. The predicted molar refractivity (Wildman–Crippen MR) is 87.9 cm³/mol. The van der Waals surface area contributed by atoms with Crippen molar-refractivity contribution in [1.29, 1.82) is 0 Å². The lowest BCUT2D eigenvalue weighted by Crippen LogP contribution is -2.35. The smallest absolute Gasteiger partial charge is 0.302 e. The summed E-state index contributed by atoms with van der Waals surface area (Å²) in [6.07, 6.45) is 12.7. The maximum atomic E-state index is 13.3. The third kappa shape index (κ3) is 5.08. The zero-order chi connectivity index (χ0) is 15.4. The van der Waals surface area contributed by atoms with Crippen molar-refractivity contribution in [3.8, 4) is 0 Å². The number of hydrogen-bond acceptors (Lipinski definition) is 3. The Bertz CT molecular complexity index is 338. The largest absolute Gasteiger partial charge is 0.331 e. The van der Waals surface area contributed by atoms with E-state index in [1.54, 1.807) is 0 Å². The molecule has 0 spiro atoms. The first-order chi connectivity index (χ1) is 9.89. The van der Waals surface area contributed by atoms with Crippen LogP contribution in [0.2, 0.25) is 0 Å². The van der Waals surface area contributed by atoms with Crippen LogP contribution < -0.4 is 0 Å². The van der Waals surface area contributed by atoms with Crippen molar-refractivity contribution < 1.29 is 13.6 Å². The van der Waals surface area contributed by atoms with E-state index in [-0.39, 0.29) is 11.2 Å². The van der Waals surface area contributed by atoms with E-state index in [0.717, 1.165) is 32.1 Å². The highest BCUT2D eigenvalue weighted by Crippen LogP contribution is 2.58. The molecule has 2 fully saturated rings. The minimum absolute atomic E-state index is 0.242. The molecule has 3 nitrogen and oxygen atoms in total. The van der Waals surface area contributed by atoms with Crippen LogP contribution in [0.3, 0.4) is 0 Å². The van der Waals surface area contributed by atoms with Gasteiger partial charge in [-0.25, -0.2) is 0 Å². The lowest BCUT2D eigenvalue weighted by atomic mass is 9.87. The summed E-state index contributed by atoms with van der Waals surface area (Å²) < 4.78 is 25.7. The van der Waals surface area contributed by atoms with Gasteiger partial charge in [-0.3, -0.25) is 4.57 Å². The summed E-state index contributed by atoms with van der Waals surface area (Å²) in [6, 6.07) is 0. The van der Waals surface area contributed by atoms with Crippen LogP contribution in [0.1, 0.15) is 91.4 Å². The molecule has 0 aliphatic heterocycles. The molecule has 0 amide bonds. The topological polar surface area (TPSA) is 35.5 Å². The van der Waals surface area contributed by atoms with Gasteiger partial charge in [-0.1, -0.05) is 45.4 Å². The second kappa shape index (κ2) is 7.15. The Morgan fingerprint density at radius 2 is 1.19 bits per heavy atom. The van der Waals surface area contributed by atoms with E-state index in [1.165, 1.54) is 38.5 Å². The maximum Gasteiger partial charge on any atom is 0.331 e. The Kier molecular flexibility index (Phi) is 5.96. The first kappa shape index (κ1) is 17.5. The third-order valence-electron chi connectivity index (χ3n) is 5.04. The van der Waals surface area contributed by atoms with E-state index in [2.05, 4.69) is 20.8 Å². The Balaban J connectivity index is 2.06. The molecule has 0 aromatic heterocycles. The van der Waals surface area contributed by atoms with Gasteiger partial charge < -0.3 is 9.05 Å². The molecule has 0 aromatic rings. The normalized spacial score (nSPS) is 25.7. The molecule has 0 atom stereocenters. The van der Waals surface area contributed by atoms with Crippen LogP contribution >= 0.6 is 7.60 Å². The fourth-order valence-electron chi connectivity index (χ4n) is 3.84. The van der Waals surface area contributed by atoms with Gasteiger partial charge in [0.05, 0.1) is 11.2 Å².